The molecule has 2 aromatic rings. The molecule has 37 heavy (non-hydrogen) atoms. The Morgan fingerprint density at radius 2 is 2.00 bits per heavy atom. The van der Waals surface area contributed by atoms with Crippen LogP contribution in [0.3, 0.4) is 0 Å². The molecule has 4 heterocycles. The van der Waals surface area contributed by atoms with E-state index in [4.69, 9.17) is 4.74 Å². The molecule has 11 heteroatoms. The van der Waals surface area contributed by atoms with E-state index in [-0.39, 0.29) is 22.2 Å². The van der Waals surface area contributed by atoms with Gasteiger partial charge in [-0.05, 0) is 36.7 Å². The number of halogens is 3. The number of hydrogen-bond donors (Lipinski definition) is 0. The maximum atomic E-state index is 13.3. The van der Waals surface area contributed by atoms with Crippen LogP contribution in [-0.4, -0.2) is 90.4 Å². The summed E-state index contributed by atoms with van der Waals surface area (Å²) in [7, 11) is 0. The van der Waals surface area contributed by atoms with Gasteiger partial charge in [-0.2, -0.15) is 13.2 Å². The fraction of sp³-hybridized carbons (Fsp3) is 0.731. The Hall–Kier alpha value is -1.98. The lowest BCUT2D eigenvalue weighted by molar-refractivity contribution is -0.139. The zero-order chi connectivity index (χ0) is 26.2. The van der Waals surface area contributed by atoms with Gasteiger partial charge in [-0.3, -0.25) is 9.69 Å². The summed E-state index contributed by atoms with van der Waals surface area (Å²) in [5.74, 6) is 1.38. The number of fused-ring (bicyclic) bond motifs is 1. The summed E-state index contributed by atoms with van der Waals surface area (Å²) in [5, 5.41) is 0.708. The van der Waals surface area contributed by atoms with Crippen LogP contribution < -0.4 is 4.90 Å². The molecule has 2 aromatic heterocycles. The second kappa shape index (κ2) is 10.6. The third-order valence-electron chi connectivity index (χ3n) is 7.88. The average Bonchev–Trinajstić information content (AvgIpc) is 3.43. The van der Waals surface area contributed by atoms with Gasteiger partial charge in [-0.25, -0.2) is 9.97 Å². The molecule has 5 rings (SSSR count). The summed E-state index contributed by atoms with van der Waals surface area (Å²) in [4.78, 5) is 29.4. The number of anilines is 1. The van der Waals surface area contributed by atoms with Crippen molar-refractivity contribution < 1.29 is 22.7 Å². The molecule has 0 radical (unpaired) electrons. The zero-order valence-electron chi connectivity index (χ0n) is 21.6. The van der Waals surface area contributed by atoms with E-state index in [1.165, 1.54) is 6.33 Å². The molecule has 1 amide bonds. The maximum Gasteiger partial charge on any atom is 0.393 e. The van der Waals surface area contributed by atoms with E-state index in [1.807, 2.05) is 0 Å². The summed E-state index contributed by atoms with van der Waals surface area (Å²) in [6.45, 7) is 10.7. The molecule has 0 unspecified atom stereocenters. The molecule has 1 spiro atoms. The van der Waals surface area contributed by atoms with Crippen molar-refractivity contribution in [2.24, 2.45) is 11.3 Å². The summed E-state index contributed by atoms with van der Waals surface area (Å²) in [6.07, 6.45) is -0.240. The molecule has 7 nitrogen and oxygen atoms in total. The number of thiophene rings is 1. The third-order valence-corrected chi connectivity index (χ3v) is 8.92. The molecular weight excluding hydrogens is 503 g/mol. The lowest BCUT2D eigenvalue weighted by atomic mass is 9.64. The topological polar surface area (TPSA) is 61.8 Å². The Morgan fingerprint density at radius 1 is 1.24 bits per heavy atom. The minimum atomic E-state index is -4.24. The first-order valence-corrected chi connectivity index (χ1v) is 14.1. The molecule has 1 aliphatic carbocycles. The quantitative estimate of drug-likeness (QED) is 0.497. The minimum Gasteiger partial charge on any atom is -0.379 e. The van der Waals surface area contributed by atoms with Gasteiger partial charge in [0.25, 0.3) is 0 Å². The van der Waals surface area contributed by atoms with E-state index >= 15 is 0 Å². The van der Waals surface area contributed by atoms with Crippen LogP contribution in [0.4, 0.5) is 19.0 Å². The molecule has 2 aliphatic heterocycles. The van der Waals surface area contributed by atoms with Crippen molar-refractivity contribution in [1.29, 1.82) is 0 Å². The minimum absolute atomic E-state index is 0.131. The number of rotatable bonds is 8. The van der Waals surface area contributed by atoms with E-state index in [0.29, 0.717) is 22.6 Å². The maximum absolute atomic E-state index is 13.3. The highest BCUT2D eigenvalue weighted by Gasteiger charge is 2.51. The smallest absolute Gasteiger partial charge is 0.379 e. The molecule has 0 aromatic carbocycles. The third kappa shape index (κ3) is 6.20. The average molecular weight is 540 g/mol. The lowest BCUT2D eigenvalue weighted by Gasteiger charge is -2.50. The number of ether oxygens (including phenoxy) is 1. The molecule has 1 saturated carbocycles. The first-order chi connectivity index (χ1) is 17.6. The second-order valence-corrected chi connectivity index (χ2v) is 12.4. The largest absolute Gasteiger partial charge is 0.393 e. The van der Waals surface area contributed by atoms with E-state index in [2.05, 4.69) is 38.5 Å². The van der Waals surface area contributed by atoms with E-state index in [1.54, 1.807) is 6.07 Å². The van der Waals surface area contributed by atoms with Crippen LogP contribution in [-0.2, 0) is 16.0 Å². The van der Waals surface area contributed by atoms with Gasteiger partial charge in [0.05, 0.1) is 25.0 Å². The van der Waals surface area contributed by atoms with Gasteiger partial charge in [0.1, 0.15) is 17.0 Å². The highest BCUT2D eigenvalue weighted by atomic mass is 32.1. The summed E-state index contributed by atoms with van der Waals surface area (Å²) >= 11 is 1.09. The fourth-order valence-electron chi connectivity index (χ4n) is 6.11. The van der Waals surface area contributed by atoms with Crippen molar-refractivity contribution in [3.63, 3.8) is 0 Å². The van der Waals surface area contributed by atoms with Gasteiger partial charge in [0.2, 0.25) is 5.91 Å². The molecular formula is C26H36F3N5O2S. The summed E-state index contributed by atoms with van der Waals surface area (Å²) in [5.41, 5.74) is 0.131. The van der Waals surface area contributed by atoms with E-state index < -0.39 is 12.6 Å². The second-order valence-electron chi connectivity index (χ2n) is 11.3. The number of aromatic nitrogens is 2. The van der Waals surface area contributed by atoms with Gasteiger partial charge in [0, 0.05) is 56.6 Å². The predicted molar refractivity (Wildman–Crippen MR) is 138 cm³/mol. The van der Waals surface area contributed by atoms with Gasteiger partial charge < -0.3 is 14.5 Å². The van der Waals surface area contributed by atoms with Crippen LogP contribution in [0.2, 0.25) is 0 Å². The number of nitrogens with zero attached hydrogens (tertiary/aromatic N) is 5. The number of hydrogen-bond acceptors (Lipinski definition) is 7. The lowest BCUT2D eigenvalue weighted by Crippen LogP contribution is -2.55. The Morgan fingerprint density at radius 3 is 2.70 bits per heavy atom. The van der Waals surface area contributed by atoms with Crippen LogP contribution >= 0.6 is 11.3 Å². The van der Waals surface area contributed by atoms with Crippen molar-refractivity contribution in [1.82, 2.24) is 19.8 Å². The van der Waals surface area contributed by atoms with Crippen LogP contribution in [0.5, 0.6) is 0 Å². The Kier molecular flexibility index (Phi) is 7.66. The first kappa shape index (κ1) is 26.6. The monoisotopic (exact) mass is 539 g/mol. The predicted octanol–water partition coefficient (Wildman–Crippen LogP) is 4.36. The SMILES string of the molecule is CC(C)CN(C(=O)CCN1CCOCC1)C1CC2(CCN(c3ncnc4sc(CC(F)(F)F)cc34)C2)C1. The first-order valence-electron chi connectivity index (χ1n) is 13.3. The molecule has 204 valence electrons. The molecule has 2 saturated heterocycles. The highest BCUT2D eigenvalue weighted by Crippen LogP contribution is 2.51. The zero-order valence-corrected chi connectivity index (χ0v) is 22.4. The van der Waals surface area contributed by atoms with Crippen LogP contribution in [0.15, 0.2) is 12.4 Å². The Balaban J connectivity index is 1.22. The van der Waals surface area contributed by atoms with Crippen LogP contribution in [0, 0.1) is 11.3 Å². The van der Waals surface area contributed by atoms with E-state index in [9.17, 15) is 18.0 Å². The van der Waals surface area contributed by atoms with E-state index in [0.717, 1.165) is 88.9 Å². The number of carbonyl (C=O) groups is 1. The standard InChI is InChI=1S/C26H36F3N5O2S/c1-18(2)15-34(22(35)3-5-32-7-9-36-10-8-32)19-12-25(13-19)4-6-33(16-25)23-21-11-20(14-26(27,28)29)37-24(21)31-17-30-23/h11,17-19H,3-10,12-16H2,1-2H3. The Labute approximate surface area is 220 Å². The normalized spacial score (nSPS) is 24.8. The van der Waals surface area contributed by atoms with Gasteiger partial charge in [0.15, 0.2) is 0 Å². The number of morpholine rings is 1. The number of alkyl halides is 3. The summed E-state index contributed by atoms with van der Waals surface area (Å²) < 4.78 is 44.2. The van der Waals surface area contributed by atoms with Gasteiger partial charge >= 0.3 is 6.18 Å². The fourth-order valence-corrected chi connectivity index (χ4v) is 7.13. The van der Waals surface area contributed by atoms with Crippen molar-refractivity contribution in [2.75, 3.05) is 57.4 Å². The van der Waals surface area contributed by atoms with Crippen molar-refractivity contribution >= 4 is 33.3 Å². The van der Waals surface area contributed by atoms with Crippen LogP contribution in [0.1, 0.15) is 44.4 Å². The van der Waals surface area contributed by atoms with Gasteiger partial charge in [-0.15, -0.1) is 11.3 Å². The van der Waals surface area contributed by atoms with Crippen molar-refractivity contribution in [3.8, 4) is 0 Å². The molecule has 0 N–H and O–H groups in total. The van der Waals surface area contributed by atoms with Crippen LogP contribution in [0.25, 0.3) is 10.2 Å². The molecule has 3 fully saturated rings. The Bertz CT molecular complexity index is 1100. The van der Waals surface area contributed by atoms with Crippen molar-refractivity contribution in [2.45, 2.75) is 58.2 Å². The highest BCUT2D eigenvalue weighted by molar-refractivity contribution is 7.18. The molecule has 3 aliphatic rings. The van der Waals surface area contributed by atoms with Crippen molar-refractivity contribution in [3.05, 3.63) is 17.3 Å². The number of carbonyl (C=O) groups excluding carboxylic acids is 1. The summed E-state index contributed by atoms with van der Waals surface area (Å²) in [6, 6.07) is 1.86. The molecule has 0 bridgehead atoms. The van der Waals surface area contributed by atoms with Gasteiger partial charge in [-0.1, -0.05) is 13.8 Å². The molecule has 0 atom stereocenters. The number of amides is 1.